The first-order valence-electron chi connectivity index (χ1n) is 7.09. The Labute approximate surface area is 139 Å². The van der Waals surface area contributed by atoms with Gasteiger partial charge >= 0.3 is 0 Å². The SMILES string of the molecule is CC(=O)N(CC(=O)NCC1CCCO1)c1ccc(Cl)c(Cl)c1. The van der Waals surface area contributed by atoms with Crippen LogP contribution < -0.4 is 10.2 Å². The summed E-state index contributed by atoms with van der Waals surface area (Å²) in [6, 6.07) is 4.82. The first-order chi connectivity index (χ1) is 10.5. The zero-order chi connectivity index (χ0) is 16.1. The van der Waals surface area contributed by atoms with Gasteiger partial charge in [0.05, 0.1) is 16.1 Å². The molecule has 1 aliphatic rings. The Hall–Kier alpha value is -1.30. The number of carbonyl (C=O) groups is 2. The van der Waals surface area contributed by atoms with Crippen molar-refractivity contribution in [2.24, 2.45) is 0 Å². The monoisotopic (exact) mass is 344 g/mol. The molecule has 1 aromatic rings. The predicted octanol–water partition coefficient (Wildman–Crippen LogP) is 2.64. The van der Waals surface area contributed by atoms with Gasteiger partial charge in [0, 0.05) is 25.8 Å². The van der Waals surface area contributed by atoms with Crippen LogP contribution in [0.5, 0.6) is 0 Å². The Morgan fingerprint density at radius 1 is 1.36 bits per heavy atom. The van der Waals surface area contributed by atoms with Crippen molar-refractivity contribution < 1.29 is 14.3 Å². The lowest BCUT2D eigenvalue weighted by Gasteiger charge is -2.21. The van der Waals surface area contributed by atoms with Crippen molar-refractivity contribution in [1.82, 2.24) is 5.32 Å². The molecule has 1 aromatic carbocycles. The van der Waals surface area contributed by atoms with Gasteiger partial charge in [-0.25, -0.2) is 0 Å². The second-order valence-electron chi connectivity index (χ2n) is 5.14. The normalized spacial score (nSPS) is 17.3. The minimum atomic E-state index is -0.245. The second-order valence-corrected chi connectivity index (χ2v) is 5.96. The van der Waals surface area contributed by atoms with Crippen LogP contribution in [0.4, 0.5) is 5.69 Å². The maximum atomic E-state index is 12.0. The highest BCUT2D eigenvalue weighted by Gasteiger charge is 2.19. The molecule has 0 aliphatic carbocycles. The Balaban J connectivity index is 1.97. The molecule has 2 rings (SSSR count). The zero-order valence-corrected chi connectivity index (χ0v) is 13.8. The van der Waals surface area contributed by atoms with Crippen LogP contribution in [0.2, 0.25) is 10.0 Å². The molecule has 1 aliphatic heterocycles. The molecule has 0 aromatic heterocycles. The van der Waals surface area contributed by atoms with Crippen LogP contribution >= 0.6 is 23.2 Å². The van der Waals surface area contributed by atoms with Gasteiger partial charge in [0.25, 0.3) is 0 Å². The van der Waals surface area contributed by atoms with E-state index in [0.29, 0.717) is 22.3 Å². The van der Waals surface area contributed by atoms with Crippen LogP contribution in [0.3, 0.4) is 0 Å². The van der Waals surface area contributed by atoms with E-state index in [0.717, 1.165) is 19.4 Å². The van der Waals surface area contributed by atoms with E-state index in [4.69, 9.17) is 27.9 Å². The van der Waals surface area contributed by atoms with Crippen molar-refractivity contribution in [3.8, 4) is 0 Å². The molecule has 0 spiro atoms. The lowest BCUT2D eigenvalue weighted by atomic mass is 10.2. The summed E-state index contributed by atoms with van der Waals surface area (Å²) in [6.45, 7) is 2.53. The summed E-state index contributed by atoms with van der Waals surface area (Å²) < 4.78 is 5.44. The summed E-state index contributed by atoms with van der Waals surface area (Å²) in [4.78, 5) is 25.2. The van der Waals surface area contributed by atoms with Crippen molar-refractivity contribution in [1.29, 1.82) is 0 Å². The number of rotatable bonds is 5. The molecule has 1 atom stereocenters. The summed E-state index contributed by atoms with van der Waals surface area (Å²) in [6.07, 6.45) is 2.03. The summed E-state index contributed by atoms with van der Waals surface area (Å²) in [7, 11) is 0. The lowest BCUT2D eigenvalue weighted by Crippen LogP contribution is -2.42. The smallest absolute Gasteiger partial charge is 0.240 e. The van der Waals surface area contributed by atoms with Gasteiger partial charge in [-0.15, -0.1) is 0 Å². The van der Waals surface area contributed by atoms with Gasteiger partial charge in [-0.2, -0.15) is 0 Å². The van der Waals surface area contributed by atoms with Crippen molar-refractivity contribution in [3.63, 3.8) is 0 Å². The fourth-order valence-electron chi connectivity index (χ4n) is 2.27. The van der Waals surface area contributed by atoms with E-state index in [2.05, 4.69) is 5.32 Å². The molecule has 0 saturated carbocycles. The average Bonchev–Trinajstić information content (AvgIpc) is 2.98. The van der Waals surface area contributed by atoms with E-state index < -0.39 is 0 Å². The number of anilines is 1. The van der Waals surface area contributed by atoms with Gasteiger partial charge < -0.3 is 15.0 Å². The van der Waals surface area contributed by atoms with Crippen LogP contribution in [0, 0.1) is 0 Å². The molecule has 5 nitrogen and oxygen atoms in total. The molecular formula is C15H18Cl2N2O3. The Morgan fingerprint density at radius 3 is 2.73 bits per heavy atom. The van der Waals surface area contributed by atoms with Crippen LogP contribution in [0.1, 0.15) is 19.8 Å². The maximum Gasteiger partial charge on any atom is 0.240 e. The standard InChI is InChI=1S/C15H18Cl2N2O3/c1-10(20)19(11-4-5-13(16)14(17)7-11)9-15(21)18-8-12-3-2-6-22-12/h4-5,7,12H,2-3,6,8-9H2,1H3,(H,18,21). The first-order valence-corrected chi connectivity index (χ1v) is 7.84. The average molecular weight is 345 g/mol. The number of benzene rings is 1. The fourth-order valence-corrected chi connectivity index (χ4v) is 2.56. The number of nitrogens with zero attached hydrogens (tertiary/aromatic N) is 1. The number of hydrogen-bond acceptors (Lipinski definition) is 3. The first kappa shape index (κ1) is 17.1. The number of halogens is 2. The second kappa shape index (κ2) is 7.81. The fraction of sp³-hybridized carbons (Fsp3) is 0.467. The third-order valence-electron chi connectivity index (χ3n) is 3.45. The molecule has 22 heavy (non-hydrogen) atoms. The Morgan fingerprint density at radius 2 is 2.14 bits per heavy atom. The van der Waals surface area contributed by atoms with Gasteiger partial charge in [0.1, 0.15) is 6.54 Å². The highest BCUT2D eigenvalue weighted by Crippen LogP contribution is 2.27. The number of nitrogens with one attached hydrogen (secondary N) is 1. The number of carbonyl (C=O) groups excluding carboxylic acids is 2. The molecule has 0 radical (unpaired) electrons. The van der Waals surface area contributed by atoms with E-state index in [-0.39, 0.29) is 24.5 Å². The van der Waals surface area contributed by atoms with Crippen LogP contribution in [-0.4, -0.2) is 37.6 Å². The number of ether oxygens (including phenoxy) is 1. The minimum absolute atomic E-state index is 0.0692. The molecule has 0 bridgehead atoms. The van der Waals surface area contributed by atoms with Gasteiger partial charge in [0.15, 0.2) is 0 Å². The largest absolute Gasteiger partial charge is 0.376 e. The van der Waals surface area contributed by atoms with E-state index in [1.165, 1.54) is 11.8 Å². The van der Waals surface area contributed by atoms with Crippen LogP contribution in [0.15, 0.2) is 18.2 Å². The van der Waals surface area contributed by atoms with Gasteiger partial charge in [0.2, 0.25) is 11.8 Å². The molecule has 1 fully saturated rings. The molecule has 120 valence electrons. The van der Waals surface area contributed by atoms with E-state index >= 15 is 0 Å². The topological polar surface area (TPSA) is 58.6 Å². The quantitative estimate of drug-likeness (QED) is 0.893. The Bertz CT molecular complexity index is 560. The molecule has 7 heteroatoms. The summed E-state index contributed by atoms with van der Waals surface area (Å²) in [5, 5.41) is 3.53. The molecular weight excluding hydrogens is 327 g/mol. The van der Waals surface area contributed by atoms with Crippen LogP contribution in [-0.2, 0) is 14.3 Å². The third-order valence-corrected chi connectivity index (χ3v) is 4.19. The molecule has 1 N–H and O–H groups in total. The highest BCUT2D eigenvalue weighted by molar-refractivity contribution is 6.42. The summed E-state index contributed by atoms with van der Waals surface area (Å²) in [5.41, 5.74) is 0.536. The summed E-state index contributed by atoms with van der Waals surface area (Å²) in [5.74, 6) is -0.484. The van der Waals surface area contributed by atoms with Gasteiger partial charge in [-0.3, -0.25) is 9.59 Å². The van der Waals surface area contributed by atoms with Gasteiger partial charge in [-0.05, 0) is 31.0 Å². The van der Waals surface area contributed by atoms with Crippen molar-refractivity contribution in [3.05, 3.63) is 28.2 Å². The predicted molar refractivity (Wildman–Crippen MR) is 86.5 cm³/mol. The number of amides is 2. The molecule has 1 unspecified atom stereocenters. The molecule has 1 heterocycles. The highest BCUT2D eigenvalue weighted by atomic mass is 35.5. The zero-order valence-electron chi connectivity index (χ0n) is 12.3. The van der Waals surface area contributed by atoms with Crippen molar-refractivity contribution >= 4 is 40.7 Å². The van der Waals surface area contributed by atoms with Crippen LogP contribution in [0.25, 0.3) is 0 Å². The van der Waals surface area contributed by atoms with E-state index in [1.54, 1.807) is 18.2 Å². The van der Waals surface area contributed by atoms with Crippen molar-refractivity contribution in [2.45, 2.75) is 25.9 Å². The van der Waals surface area contributed by atoms with Crippen molar-refractivity contribution in [2.75, 3.05) is 24.6 Å². The molecule has 2 amide bonds. The Kier molecular flexibility index (Phi) is 6.06. The lowest BCUT2D eigenvalue weighted by molar-refractivity contribution is -0.123. The van der Waals surface area contributed by atoms with E-state index in [9.17, 15) is 9.59 Å². The maximum absolute atomic E-state index is 12.0. The summed E-state index contributed by atoms with van der Waals surface area (Å²) >= 11 is 11.8. The number of hydrogen-bond donors (Lipinski definition) is 1. The molecule has 1 saturated heterocycles. The van der Waals surface area contributed by atoms with E-state index in [1.807, 2.05) is 0 Å². The third kappa shape index (κ3) is 4.60. The van der Waals surface area contributed by atoms with Gasteiger partial charge in [-0.1, -0.05) is 23.2 Å². The minimum Gasteiger partial charge on any atom is -0.376 e.